The van der Waals surface area contributed by atoms with Crippen LogP contribution < -0.4 is 5.32 Å². The van der Waals surface area contributed by atoms with Crippen molar-refractivity contribution in [3.8, 4) is 0 Å². The maximum Gasteiger partial charge on any atom is 0.290 e. The van der Waals surface area contributed by atoms with Gasteiger partial charge in [0.15, 0.2) is 0 Å². The van der Waals surface area contributed by atoms with E-state index in [1.54, 1.807) is 0 Å². The maximum atomic E-state index is 14.0. The van der Waals surface area contributed by atoms with Crippen LogP contribution in [0.2, 0.25) is 0 Å². The highest BCUT2D eigenvalue weighted by atomic mass is 35.5. The van der Waals surface area contributed by atoms with E-state index in [-0.39, 0.29) is 25.5 Å². The molecule has 3 nitrogen and oxygen atoms in total. The molecule has 21 heavy (non-hydrogen) atoms. The van der Waals surface area contributed by atoms with E-state index in [1.165, 1.54) is 4.90 Å². The highest BCUT2D eigenvalue weighted by Gasteiger charge is 2.45. The normalized spacial score (nSPS) is 18.1. The molecule has 0 aromatic heterocycles. The predicted octanol–water partition coefficient (Wildman–Crippen LogP) is 1.96. The van der Waals surface area contributed by atoms with Gasteiger partial charge in [0.1, 0.15) is 24.3 Å². The molecule has 1 atom stereocenters. The number of alkyl halides is 2. The average Bonchev–Trinajstić information content (AvgIpc) is 2.44. The molecule has 1 heterocycles. The lowest BCUT2D eigenvalue weighted by Crippen LogP contribution is -2.51. The fourth-order valence-electron chi connectivity index (χ4n) is 2.44. The number of halogens is 5. The van der Waals surface area contributed by atoms with E-state index in [1.807, 2.05) is 0 Å². The first-order valence-corrected chi connectivity index (χ1v) is 6.34. The van der Waals surface area contributed by atoms with Gasteiger partial charge in [-0.2, -0.15) is 0 Å². The van der Waals surface area contributed by atoms with Gasteiger partial charge in [0.25, 0.3) is 5.92 Å². The van der Waals surface area contributed by atoms with Crippen molar-refractivity contribution in [3.63, 3.8) is 0 Å². The molecular formula is C13H17ClF4N2O. The van der Waals surface area contributed by atoms with Crippen LogP contribution in [0, 0.1) is 11.6 Å². The van der Waals surface area contributed by atoms with Gasteiger partial charge in [-0.05, 0) is 18.2 Å². The molecule has 0 amide bonds. The molecule has 2 N–H and O–H groups in total. The van der Waals surface area contributed by atoms with Crippen molar-refractivity contribution in [2.24, 2.45) is 0 Å². The molecule has 1 saturated heterocycles. The Morgan fingerprint density at radius 1 is 1.24 bits per heavy atom. The zero-order valence-corrected chi connectivity index (χ0v) is 12.0. The van der Waals surface area contributed by atoms with Gasteiger partial charge < -0.3 is 10.4 Å². The Hall–Kier alpha value is -0.890. The van der Waals surface area contributed by atoms with Gasteiger partial charge in [-0.1, -0.05) is 0 Å². The van der Waals surface area contributed by atoms with Crippen LogP contribution in [0.15, 0.2) is 18.2 Å². The average molecular weight is 329 g/mol. The highest BCUT2D eigenvalue weighted by molar-refractivity contribution is 5.85. The third kappa shape index (κ3) is 4.06. The van der Waals surface area contributed by atoms with Crippen molar-refractivity contribution in [1.82, 2.24) is 10.2 Å². The van der Waals surface area contributed by atoms with Crippen molar-refractivity contribution in [1.29, 1.82) is 0 Å². The lowest BCUT2D eigenvalue weighted by Gasteiger charge is -2.38. The summed E-state index contributed by atoms with van der Waals surface area (Å²) in [4.78, 5) is 1.37. The molecular weight excluding hydrogens is 312 g/mol. The Kier molecular flexibility index (Phi) is 6.40. The minimum absolute atomic E-state index is 0. The Bertz CT molecular complexity index is 469. The third-order valence-corrected chi connectivity index (χ3v) is 3.38. The molecule has 0 spiro atoms. The Labute approximate surface area is 126 Å². The molecule has 0 radical (unpaired) electrons. The number of aliphatic hydroxyl groups is 1. The first-order valence-electron chi connectivity index (χ1n) is 6.34. The van der Waals surface area contributed by atoms with Crippen LogP contribution in [0.4, 0.5) is 17.6 Å². The molecule has 1 aromatic carbocycles. The topological polar surface area (TPSA) is 35.5 Å². The summed E-state index contributed by atoms with van der Waals surface area (Å²) in [5, 5.41) is 11.9. The SMILES string of the molecule is Cl.OCC(F)(F)[C@H](c1cc(F)ccc1F)N1CCNCC1. The van der Waals surface area contributed by atoms with Crippen molar-refractivity contribution in [3.05, 3.63) is 35.4 Å². The van der Waals surface area contributed by atoms with Crippen LogP contribution in [0.25, 0.3) is 0 Å². The van der Waals surface area contributed by atoms with Crippen molar-refractivity contribution < 1.29 is 22.7 Å². The summed E-state index contributed by atoms with van der Waals surface area (Å²) in [6, 6.07) is 0.800. The summed E-state index contributed by atoms with van der Waals surface area (Å²) in [7, 11) is 0. The number of hydrogen-bond acceptors (Lipinski definition) is 3. The molecule has 2 rings (SSSR count). The van der Waals surface area contributed by atoms with Crippen LogP contribution in [0.1, 0.15) is 11.6 Å². The lowest BCUT2D eigenvalue weighted by atomic mass is 9.97. The number of nitrogens with one attached hydrogen (secondary N) is 1. The van der Waals surface area contributed by atoms with E-state index < -0.39 is 35.8 Å². The second-order valence-electron chi connectivity index (χ2n) is 4.77. The summed E-state index contributed by atoms with van der Waals surface area (Å²) < 4.78 is 55.1. The smallest absolute Gasteiger partial charge is 0.290 e. The minimum atomic E-state index is -3.55. The number of aliphatic hydroxyl groups excluding tert-OH is 1. The van der Waals surface area contributed by atoms with Gasteiger partial charge >= 0.3 is 0 Å². The van der Waals surface area contributed by atoms with E-state index in [0.717, 1.165) is 18.2 Å². The number of rotatable bonds is 4. The first-order chi connectivity index (χ1) is 9.45. The molecule has 1 aromatic rings. The van der Waals surface area contributed by atoms with Gasteiger partial charge in [-0.3, -0.25) is 4.90 Å². The monoisotopic (exact) mass is 328 g/mol. The van der Waals surface area contributed by atoms with Crippen LogP contribution in [0.5, 0.6) is 0 Å². The molecule has 1 fully saturated rings. The van der Waals surface area contributed by atoms with Gasteiger partial charge in [0.05, 0.1) is 0 Å². The Morgan fingerprint density at radius 2 is 1.86 bits per heavy atom. The van der Waals surface area contributed by atoms with E-state index in [2.05, 4.69) is 5.32 Å². The summed E-state index contributed by atoms with van der Waals surface area (Å²) in [5.41, 5.74) is -0.425. The first kappa shape index (κ1) is 18.2. The highest BCUT2D eigenvalue weighted by Crippen LogP contribution is 2.37. The summed E-state index contributed by atoms with van der Waals surface area (Å²) >= 11 is 0. The van der Waals surface area contributed by atoms with Crippen LogP contribution in [0.3, 0.4) is 0 Å². The molecule has 1 aliphatic rings. The van der Waals surface area contributed by atoms with Crippen molar-refractivity contribution >= 4 is 12.4 Å². The van der Waals surface area contributed by atoms with E-state index in [0.29, 0.717) is 13.1 Å². The fraction of sp³-hybridized carbons (Fsp3) is 0.538. The summed E-state index contributed by atoms with van der Waals surface area (Å²) in [5.74, 6) is -5.23. The second kappa shape index (κ2) is 7.40. The fourth-order valence-corrected chi connectivity index (χ4v) is 2.44. The van der Waals surface area contributed by atoms with E-state index in [9.17, 15) is 17.6 Å². The van der Waals surface area contributed by atoms with Gasteiger partial charge in [0.2, 0.25) is 0 Å². The van der Waals surface area contributed by atoms with Crippen molar-refractivity contribution in [2.45, 2.75) is 12.0 Å². The van der Waals surface area contributed by atoms with Gasteiger partial charge in [0, 0.05) is 31.7 Å². The van der Waals surface area contributed by atoms with Gasteiger partial charge in [-0.15, -0.1) is 12.4 Å². The Morgan fingerprint density at radius 3 is 2.43 bits per heavy atom. The molecule has 1 aliphatic heterocycles. The van der Waals surface area contributed by atoms with Crippen molar-refractivity contribution in [2.75, 3.05) is 32.8 Å². The number of benzene rings is 1. The molecule has 0 unspecified atom stereocenters. The minimum Gasteiger partial charge on any atom is -0.390 e. The number of hydrogen-bond donors (Lipinski definition) is 2. The largest absolute Gasteiger partial charge is 0.390 e. The van der Waals surface area contributed by atoms with Crippen LogP contribution >= 0.6 is 12.4 Å². The second-order valence-corrected chi connectivity index (χ2v) is 4.77. The molecule has 120 valence electrons. The van der Waals surface area contributed by atoms with E-state index >= 15 is 0 Å². The quantitative estimate of drug-likeness (QED) is 0.830. The summed E-state index contributed by atoms with van der Waals surface area (Å²) in [6.07, 6.45) is 0. The number of piperazine rings is 1. The molecule has 8 heteroatoms. The van der Waals surface area contributed by atoms with Crippen LogP contribution in [-0.4, -0.2) is 48.7 Å². The number of nitrogens with zero attached hydrogens (tertiary/aromatic N) is 1. The van der Waals surface area contributed by atoms with E-state index in [4.69, 9.17) is 5.11 Å². The molecule has 0 aliphatic carbocycles. The van der Waals surface area contributed by atoms with Gasteiger partial charge in [-0.25, -0.2) is 17.6 Å². The Balaban J connectivity index is 0.00000220. The standard InChI is InChI=1S/C13H16F4N2O.ClH/c14-9-1-2-11(15)10(7-9)12(13(16,17)8-20)19-5-3-18-4-6-19;/h1-2,7,12,18,20H,3-6,8H2;1H/t12-;/m0./s1. The third-order valence-electron chi connectivity index (χ3n) is 3.38. The lowest BCUT2D eigenvalue weighted by molar-refractivity contribution is -0.119. The zero-order chi connectivity index (χ0) is 14.8. The predicted molar refractivity (Wildman–Crippen MR) is 72.8 cm³/mol. The zero-order valence-electron chi connectivity index (χ0n) is 11.2. The van der Waals surface area contributed by atoms with Crippen LogP contribution in [-0.2, 0) is 0 Å². The summed E-state index contributed by atoms with van der Waals surface area (Å²) in [6.45, 7) is 0.0911. The maximum absolute atomic E-state index is 14.0. The molecule has 0 bridgehead atoms. The molecule has 0 saturated carbocycles.